The number of nitrogens with zero attached hydrogens (tertiary/aromatic N) is 3. The molecule has 0 amide bonds. The van der Waals surface area contributed by atoms with Gasteiger partial charge in [-0.3, -0.25) is 4.79 Å². The summed E-state index contributed by atoms with van der Waals surface area (Å²) in [6.45, 7) is 6.24. The van der Waals surface area contributed by atoms with Crippen molar-refractivity contribution >= 4 is 11.9 Å². The third-order valence-electron chi connectivity index (χ3n) is 3.44. The van der Waals surface area contributed by atoms with E-state index in [1.807, 2.05) is 12.1 Å². The number of carbonyl (C=O) groups excluding carboxylic acids is 1. The second-order valence-electron chi connectivity index (χ2n) is 5.06. The molecule has 20 heavy (non-hydrogen) atoms. The van der Waals surface area contributed by atoms with E-state index < -0.39 is 0 Å². The molecule has 0 aliphatic heterocycles. The molecular weight excluding hydrogens is 250 g/mol. The first-order valence-electron chi connectivity index (χ1n) is 6.48. The third-order valence-corrected chi connectivity index (χ3v) is 3.44. The Balaban J connectivity index is 2.27. The van der Waals surface area contributed by atoms with Crippen molar-refractivity contribution < 1.29 is 4.79 Å². The van der Waals surface area contributed by atoms with Gasteiger partial charge in [-0.15, -0.1) is 0 Å². The van der Waals surface area contributed by atoms with Crippen LogP contribution in [0.3, 0.4) is 0 Å². The number of benzene rings is 1. The zero-order valence-electron chi connectivity index (χ0n) is 11.7. The van der Waals surface area contributed by atoms with Gasteiger partial charge in [-0.1, -0.05) is 17.7 Å². The van der Waals surface area contributed by atoms with E-state index in [2.05, 4.69) is 43.0 Å². The highest BCUT2D eigenvalue weighted by Gasteiger charge is 2.10. The van der Waals surface area contributed by atoms with Crippen LogP contribution in [0.4, 0.5) is 0 Å². The summed E-state index contributed by atoms with van der Waals surface area (Å²) < 4.78 is 1.58. The zero-order chi connectivity index (χ0) is 14.3. The van der Waals surface area contributed by atoms with Crippen LogP contribution in [0.5, 0.6) is 0 Å². The van der Waals surface area contributed by atoms with Crippen LogP contribution in [-0.2, 0) is 0 Å². The Kier molecular flexibility index (Phi) is 2.86. The van der Waals surface area contributed by atoms with Crippen LogP contribution in [0.2, 0.25) is 0 Å². The van der Waals surface area contributed by atoms with Crippen LogP contribution < -0.4 is 0 Å². The van der Waals surface area contributed by atoms with E-state index in [0.717, 1.165) is 17.5 Å². The van der Waals surface area contributed by atoms with Gasteiger partial charge in [0.05, 0.1) is 11.9 Å². The summed E-state index contributed by atoms with van der Waals surface area (Å²) in [4.78, 5) is 15.2. The first-order chi connectivity index (χ1) is 9.60. The Labute approximate surface area is 117 Å². The monoisotopic (exact) mass is 265 g/mol. The molecule has 0 spiro atoms. The number of imidazole rings is 1. The molecular formula is C16H15N3O. The minimum atomic E-state index is 0.462. The highest BCUT2D eigenvalue weighted by molar-refractivity contribution is 5.74. The largest absolute Gasteiger partial charge is 0.296 e. The van der Waals surface area contributed by atoms with Crippen molar-refractivity contribution in [3.05, 3.63) is 52.8 Å². The van der Waals surface area contributed by atoms with Gasteiger partial charge in [-0.25, -0.2) is 9.50 Å². The van der Waals surface area contributed by atoms with Gasteiger partial charge in [0, 0.05) is 5.56 Å². The molecule has 4 nitrogen and oxygen atoms in total. The molecule has 100 valence electrons. The predicted molar refractivity (Wildman–Crippen MR) is 78.0 cm³/mol. The summed E-state index contributed by atoms with van der Waals surface area (Å²) in [6.07, 6.45) is 2.31. The Morgan fingerprint density at radius 2 is 1.80 bits per heavy atom. The predicted octanol–water partition coefficient (Wildman–Crippen LogP) is 3.13. The first-order valence-corrected chi connectivity index (χ1v) is 6.48. The SMILES string of the molecule is Cc1cc(C)c(-c2ccc3ncc(C=O)n3n2)c(C)c1. The lowest BCUT2D eigenvalue weighted by Gasteiger charge is -2.11. The number of hydrogen-bond donors (Lipinski definition) is 0. The van der Waals surface area contributed by atoms with Crippen molar-refractivity contribution in [2.24, 2.45) is 0 Å². The number of aryl methyl sites for hydroxylation is 3. The van der Waals surface area contributed by atoms with E-state index in [1.165, 1.54) is 22.9 Å². The maximum absolute atomic E-state index is 11.0. The topological polar surface area (TPSA) is 47.3 Å². The highest BCUT2D eigenvalue weighted by atomic mass is 16.1. The van der Waals surface area contributed by atoms with Gasteiger partial charge >= 0.3 is 0 Å². The van der Waals surface area contributed by atoms with Crippen LogP contribution in [0.1, 0.15) is 27.2 Å². The molecule has 0 radical (unpaired) electrons. The van der Waals surface area contributed by atoms with Crippen molar-refractivity contribution in [2.45, 2.75) is 20.8 Å². The van der Waals surface area contributed by atoms with Gasteiger partial charge in [0.15, 0.2) is 11.9 Å². The molecule has 2 aromatic heterocycles. The fourth-order valence-corrected chi connectivity index (χ4v) is 2.69. The number of aromatic nitrogens is 3. The molecule has 0 N–H and O–H groups in total. The number of carbonyl (C=O) groups is 1. The zero-order valence-corrected chi connectivity index (χ0v) is 11.7. The Morgan fingerprint density at radius 3 is 2.45 bits per heavy atom. The van der Waals surface area contributed by atoms with Crippen molar-refractivity contribution in [3.63, 3.8) is 0 Å². The minimum absolute atomic E-state index is 0.462. The Morgan fingerprint density at radius 1 is 1.10 bits per heavy atom. The van der Waals surface area contributed by atoms with Crippen molar-refractivity contribution in [1.29, 1.82) is 0 Å². The van der Waals surface area contributed by atoms with Crippen molar-refractivity contribution in [2.75, 3.05) is 0 Å². The fraction of sp³-hybridized carbons (Fsp3) is 0.188. The lowest BCUT2D eigenvalue weighted by atomic mass is 9.97. The minimum Gasteiger partial charge on any atom is -0.296 e. The quantitative estimate of drug-likeness (QED) is 0.669. The van der Waals surface area contributed by atoms with Crippen LogP contribution in [0.15, 0.2) is 30.5 Å². The second-order valence-corrected chi connectivity index (χ2v) is 5.06. The summed E-state index contributed by atoms with van der Waals surface area (Å²) in [5, 5.41) is 4.55. The normalized spacial score (nSPS) is 10.9. The van der Waals surface area contributed by atoms with Gasteiger partial charge in [0.25, 0.3) is 0 Å². The maximum atomic E-state index is 11.0. The summed E-state index contributed by atoms with van der Waals surface area (Å²) in [6, 6.07) is 8.11. The van der Waals surface area contributed by atoms with Crippen LogP contribution in [0, 0.1) is 20.8 Å². The summed E-state index contributed by atoms with van der Waals surface area (Å²) >= 11 is 0. The molecule has 0 aliphatic carbocycles. The van der Waals surface area contributed by atoms with E-state index in [4.69, 9.17) is 0 Å². The molecule has 3 aromatic rings. The molecule has 2 heterocycles. The number of aldehydes is 1. The van der Waals surface area contributed by atoms with Crippen LogP contribution in [0.25, 0.3) is 16.9 Å². The molecule has 0 bridgehead atoms. The van der Waals surface area contributed by atoms with Crippen molar-refractivity contribution in [3.8, 4) is 11.3 Å². The lowest BCUT2D eigenvalue weighted by molar-refractivity contribution is 0.111. The smallest absolute Gasteiger partial charge is 0.170 e. The van der Waals surface area contributed by atoms with Gasteiger partial charge in [-0.2, -0.15) is 5.10 Å². The molecule has 0 atom stereocenters. The van der Waals surface area contributed by atoms with E-state index in [0.29, 0.717) is 11.3 Å². The van der Waals surface area contributed by atoms with Crippen LogP contribution >= 0.6 is 0 Å². The standard InChI is InChI=1S/C16H15N3O/c1-10-6-11(2)16(12(3)7-10)14-4-5-15-17-8-13(9-20)19(15)18-14/h4-9H,1-3H3. The van der Waals surface area contributed by atoms with Gasteiger partial charge in [0.1, 0.15) is 5.69 Å². The molecule has 1 aromatic carbocycles. The summed E-state index contributed by atoms with van der Waals surface area (Å²) in [5.41, 5.74) is 6.71. The van der Waals surface area contributed by atoms with Gasteiger partial charge < -0.3 is 0 Å². The third kappa shape index (κ3) is 1.90. The number of hydrogen-bond acceptors (Lipinski definition) is 3. The van der Waals surface area contributed by atoms with Crippen LogP contribution in [-0.4, -0.2) is 20.9 Å². The highest BCUT2D eigenvalue weighted by Crippen LogP contribution is 2.27. The van der Waals surface area contributed by atoms with Gasteiger partial charge in [-0.05, 0) is 44.0 Å². The Bertz CT molecular complexity index is 795. The second kappa shape index (κ2) is 4.56. The first kappa shape index (κ1) is 12.5. The number of rotatable bonds is 2. The lowest BCUT2D eigenvalue weighted by Crippen LogP contribution is -2.00. The van der Waals surface area contributed by atoms with Crippen molar-refractivity contribution in [1.82, 2.24) is 14.6 Å². The Hall–Kier alpha value is -2.49. The molecule has 0 fully saturated rings. The van der Waals surface area contributed by atoms with E-state index in [-0.39, 0.29) is 0 Å². The molecule has 3 rings (SSSR count). The molecule has 4 heteroatoms. The maximum Gasteiger partial charge on any atom is 0.170 e. The van der Waals surface area contributed by atoms with Gasteiger partial charge in [0.2, 0.25) is 0 Å². The molecule has 0 saturated carbocycles. The number of fused-ring (bicyclic) bond motifs is 1. The molecule has 0 unspecified atom stereocenters. The van der Waals surface area contributed by atoms with E-state index in [9.17, 15) is 4.79 Å². The summed E-state index contributed by atoms with van der Waals surface area (Å²) in [7, 11) is 0. The summed E-state index contributed by atoms with van der Waals surface area (Å²) in [5.74, 6) is 0. The molecule has 0 aliphatic rings. The van der Waals surface area contributed by atoms with E-state index in [1.54, 1.807) is 4.52 Å². The molecule has 0 saturated heterocycles. The van der Waals surface area contributed by atoms with E-state index >= 15 is 0 Å². The fourth-order valence-electron chi connectivity index (χ4n) is 2.69. The average molecular weight is 265 g/mol. The average Bonchev–Trinajstić information content (AvgIpc) is 2.79.